The second-order valence-corrected chi connectivity index (χ2v) is 9.82. The van der Waals surface area contributed by atoms with E-state index < -0.39 is 35.7 Å². The van der Waals surface area contributed by atoms with Crippen LogP contribution in [0.25, 0.3) is 11.1 Å². The minimum absolute atomic E-state index is 0.0733. The second kappa shape index (κ2) is 9.98. The van der Waals surface area contributed by atoms with Crippen LogP contribution < -0.4 is 5.32 Å². The van der Waals surface area contributed by atoms with Crippen LogP contribution in [0.3, 0.4) is 0 Å². The Hall–Kier alpha value is -3.55. The summed E-state index contributed by atoms with van der Waals surface area (Å²) in [6.07, 6.45) is -1.18. The Kier molecular flexibility index (Phi) is 7.00. The maximum absolute atomic E-state index is 12.8. The van der Waals surface area contributed by atoms with Crippen LogP contribution in [-0.4, -0.2) is 61.0 Å². The fourth-order valence-corrected chi connectivity index (χ4v) is 4.71. The van der Waals surface area contributed by atoms with E-state index >= 15 is 0 Å². The summed E-state index contributed by atoms with van der Waals surface area (Å²) in [6.45, 7) is 7.63. The quantitative estimate of drug-likeness (QED) is 0.506. The van der Waals surface area contributed by atoms with E-state index in [1.807, 2.05) is 36.4 Å². The van der Waals surface area contributed by atoms with E-state index in [9.17, 15) is 14.4 Å². The van der Waals surface area contributed by atoms with Crippen LogP contribution in [0, 0.1) is 5.92 Å². The Balaban J connectivity index is 1.42. The highest BCUT2D eigenvalue weighted by Gasteiger charge is 2.43. The van der Waals surface area contributed by atoms with E-state index in [0.29, 0.717) is 0 Å². The van der Waals surface area contributed by atoms with Crippen molar-refractivity contribution < 1.29 is 28.6 Å². The molecule has 1 fully saturated rings. The summed E-state index contributed by atoms with van der Waals surface area (Å²) in [6, 6.07) is 15.6. The summed E-state index contributed by atoms with van der Waals surface area (Å²) < 4.78 is 16.2. The monoisotopic (exact) mass is 480 g/mol. The molecule has 0 saturated carbocycles. The summed E-state index contributed by atoms with van der Waals surface area (Å²) in [7, 11) is 0. The summed E-state index contributed by atoms with van der Waals surface area (Å²) in [5.74, 6) is -1.25. The van der Waals surface area contributed by atoms with Gasteiger partial charge in [-0.15, -0.1) is 0 Å². The Labute approximate surface area is 205 Å². The molecular weight excluding hydrogens is 448 g/mol. The molecule has 0 aromatic heterocycles. The molecule has 2 aliphatic rings. The number of ether oxygens (including phenoxy) is 3. The van der Waals surface area contributed by atoms with Gasteiger partial charge < -0.3 is 24.4 Å². The standard InChI is InChI=1S/C27H32N2O6/c1-5-33-24(30)21-14-29(26(32)35-27(2,3)4)15-23(21)28-25(31)34-16-22-19-12-8-6-10-17(19)18-11-7-9-13-20(18)22/h6-13,21-23H,5,14-16H2,1-4H3,(H,28,31)/t21-,23-/m0/s1. The molecule has 186 valence electrons. The number of nitrogens with one attached hydrogen (secondary N) is 1. The highest BCUT2D eigenvalue weighted by molar-refractivity contribution is 5.80. The summed E-state index contributed by atoms with van der Waals surface area (Å²) in [5, 5.41) is 2.78. The van der Waals surface area contributed by atoms with Gasteiger partial charge in [0, 0.05) is 19.0 Å². The van der Waals surface area contributed by atoms with Gasteiger partial charge >= 0.3 is 18.2 Å². The Bertz CT molecular complexity index is 1060. The molecule has 1 heterocycles. The number of fused-ring (bicyclic) bond motifs is 3. The van der Waals surface area contributed by atoms with Crippen molar-refractivity contribution >= 4 is 18.2 Å². The lowest BCUT2D eigenvalue weighted by Crippen LogP contribution is -2.44. The van der Waals surface area contributed by atoms with E-state index in [2.05, 4.69) is 17.4 Å². The number of benzene rings is 2. The van der Waals surface area contributed by atoms with Crippen molar-refractivity contribution in [3.05, 3.63) is 59.7 Å². The topological polar surface area (TPSA) is 94.2 Å². The first-order valence-corrected chi connectivity index (χ1v) is 11.9. The lowest BCUT2D eigenvalue weighted by Gasteiger charge is -2.24. The lowest BCUT2D eigenvalue weighted by atomic mass is 9.98. The smallest absolute Gasteiger partial charge is 0.410 e. The first-order chi connectivity index (χ1) is 16.7. The minimum atomic E-state index is -0.706. The number of carbonyl (C=O) groups excluding carboxylic acids is 3. The van der Waals surface area contributed by atoms with Crippen LogP contribution in [0.4, 0.5) is 9.59 Å². The van der Waals surface area contributed by atoms with Gasteiger partial charge in [0.2, 0.25) is 0 Å². The van der Waals surface area contributed by atoms with Gasteiger partial charge in [-0.1, -0.05) is 48.5 Å². The number of rotatable bonds is 5. The van der Waals surface area contributed by atoms with Crippen molar-refractivity contribution in [3.63, 3.8) is 0 Å². The molecule has 0 radical (unpaired) electrons. The number of nitrogens with zero attached hydrogens (tertiary/aromatic N) is 1. The largest absolute Gasteiger partial charge is 0.466 e. The molecule has 1 saturated heterocycles. The van der Waals surface area contributed by atoms with Crippen molar-refractivity contribution in [2.24, 2.45) is 5.92 Å². The van der Waals surface area contributed by atoms with Gasteiger partial charge in [-0.25, -0.2) is 9.59 Å². The fourth-order valence-electron chi connectivity index (χ4n) is 4.71. The number of alkyl carbamates (subject to hydrolysis) is 1. The van der Waals surface area contributed by atoms with Crippen LogP contribution in [0.15, 0.2) is 48.5 Å². The lowest BCUT2D eigenvalue weighted by molar-refractivity contribution is -0.148. The molecule has 4 rings (SSSR count). The van der Waals surface area contributed by atoms with Crippen LogP contribution >= 0.6 is 0 Å². The molecule has 1 N–H and O–H groups in total. The van der Waals surface area contributed by atoms with E-state index in [-0.39, 0.29) is 32.2 Å². The van der Waals surface area contributed by atoms with Gasteiger partial charge in [-0.2, -0.15) is 0 Å². The van der Waals surface area contributed by atoms with E-state index in [1.165, 1.54) is 4.90 Å². The Morgan fingerprint density at radius 2 is 1.54 bits per heavy atom. The maximum Gasteiger partial charge on any atom is 0.410 e. The molecule has 2 aromatic carbocycles. The van der Waals surface area contributed by atoms with E-state index in [0.717, 1.165) is 22.3 Å². The summed E-state index contributed by atoms with van der Waals surface area (Å²) in [5.41, 5.74) is 3.84. The van der Waals surface area contributed by atoms with Crippen molar-refractivity contribution in [2.45, 2.75) is 45.3 Å². The number of likely N-dealkylation sites (tertiary alicyclic amines) is 1. The summed E-state index contributed by atoms with van der Waals surface area (Å²) in [4.78, 5) is 39.3. The van der Waals surface area contributed by atoms with Crippen LogP contribution in [0.2, 0.25) is 0 Å². The zero-order valence-corrected chi connectivity index (χ0v) is 20.6. The van der Waals surface area contributed by atoms with Crippen LogP contribution in [0.1, 0.15) is 44.7 Å². The number of hydrogen-bond donors (Lipinski definition) is 1. The van der Waals surface area contributed by atoms with Crippen molar-refractivity contribution in [3.8, 4) is 11.1 Å². The van der Waals surface area contributed by atoms with Crippen molar-refractivity contribution in [1.29, 1.82) is 0 Å². The average Bonchev–Trinajstić information content (AvgIpc) is 3.36. The van der Waals surface area contributed by atoms with Crippen LogP contribution in [0.5, 0.6) is 0 Å². The van der Waals surface area contributed by atoms with Gasteiger partial charge in [0.25, 0.3) is 0 Å². The molecule has 1 aliphatic heterocycles. The maximum atomic E-state index is 12.8. The molecule has 2 aromatic rings. The zero-order valence-electron chi connectivity index (χ0n) is 20.6. The SMILES string of the molecule is CCOC(=O)[C@H]1CN(C(=O)OC(C)(C)C)C[C@@H]1NC(=O)OCC1c2ccccc2-c2ccccc21. The first kappa shape index (κ1) is 24.6. The zero-order chi connectivity index (χ0) is 25.2. The van der Waals surface area contributed by atoms with Crippen LogP contribution in [-0.2, 0) is 19.0 Å². The highest BCUT2D eigenvalue weighted by Crippen LogP contribution is 2.44. The Morgan fingerprint density at radius 1 is 0.943 bits per heavy atom. The van der Waals surface area contributed by atoms with Gasteiger partial charge in [0.1, 0.15) is 12.2 Å². The minimum Gasteiger partial charge on any atom is -0.466 e. The van der Waals surface area contributed by atoms with E-state index in [1.54, 1.807) is 27.7 Å². The molecule has 2 atom stereocenters. The number of carbonyl (C=O) groups is 3. The third kappa shape index (κ3) is 5.42. The van der Waals surface area contributed by atoms with E-state index in [4.69, 9.17) is 14.2 Å². The normalized spacial score (nSPS) is 19.0. The Morgan fingerprint density at radius 3 is 2.11 bits per heavy atom. The molecule has 35 heavy (non-hydrogen) atoms. The third-order valence-electron chi connectivity index (χ3n) is 6.21. The molecule has 2 amide bonds. The predicted molar refractivity (Wildman–Crippen MR) is 130 cm³/mol. The number of esters is 1. The average molecular weight is 481 g/mol. The number of amides is 2. The van der Waals surface area contributed by atoms with Crippen molar-refractivity contribution in [2.75, 3.05) is 26.3 Å². The summed E-state index contributed by atoms with van der Waals surface area (Å²) >= 11 is 0. The molecular formula is C27H32N2O6. The molecule has 0 spiro atoms. The molecule has 8 nitrogen and oxygen atoms in total. The first-order valence-electron chi connectivity index (χ1n) is 11.9. The molecule has 1 aliphatic carbocycles. The van der Waals surface area contributed by atoms with Crippen molar-refractivity contribution in [1.82, 2.24) is 10.2 Å². The molecule has 0 bridgehead atoms. The molecule has 8 heteroatoms. The second-order valence-electron chi connectivity index (χ2n) is 9.82. The number of hydrogen-bond acceptors (Lipinski definition) is 6. The van der Waals surface area contributed by atoms with Gasteiger partial charge in [0.15, 0.2) is 0 Å². The van der Waals surface area contributed by atoms with Gasteiger partial charge in [-0.3, -0.25) is 4.79 Å². The van der Waals surface area contributed by atoms with Gasteiger partial charge in [-0.05, 0) is 49.9 Å². The predicted octanol–water partition coefficient (Wildman–Crippen LogP) is 4.32. The highest BCUT2D eigenvalue weighted by atomic mass is 16.6. The fraction of sp³-hybridized carbons (Fsp3) is 0.444. The van der Waals surface area contributed by atoms with Gasteiger partial charge in [0.05, 0.1) is 18.6 Å². The molecule has 0 unspecified atom stereocenters. The third-order valence-corrected chi connectivity index (χ3v) is 6.21.